The molecule has 0 saturated heterocycles. The molecule has 0 amide bonds. The minimum absolute atomic E-state index is 0. The van der Waals surface area contributed by atoms with Crippen LogP contribution in [0.25, 0.3) is 0 Å². The van der Waals surface area contributed by atoms with E-state index >= 15 is 0 Å². The van der Waals surface area contributed by atoms with Crippen LogP contribution in [0.5, 0.6) is 5.75 Å². The smallest absolute Gasteiger partial charge is 0.390 e. The van der Waals surface area contributed by atoms with E-state index in [9.17, 15) is 13.2 Å². The minimum Gasteiger partial charge on any atom is -0.496 e. The quantitative estimate of drug-likeness (QED) is 0.413. The van der Waals surface area contributed by atoms with E-state index in [0.717, 1.165) is 11.3 Å². The summed E-state index contributed by atoms with van der Waals surface area (Å²) >= 11 is 0. The fraction of sp³-hybridized carbons (Fsp3) is 0.533. The van der Waals surface area contributed by atoms with Gasteiger partial charge in [0.25, 0.3) is 0 Å². The van der Waals surface area contributed by atoms with E-state index in [1.54, 1.807) is 19.1 Å². The summed E-state index contributed by atoms with van der Waals surface area (Å²) in [6.07, 6.45) is -5.12. The van der Waals surface area contributed by atoms with E-state index in [-0.39, 0.29) is 30.5 Å². The van der Waals surface area contributed by atoms with Crippen molar-refractivity contribution in [1.82, 2.24) is 10.2 Å². The fourth-order valence-electron chi connectivity index (χ4n) is 1.92. The zero-order valence-corrected chi connectivity index (χ0v) is 15.8. The number of para-hydroxylation sites is 1. The summed E-state index contributed by atoms with van der Waals surface area (Å²) < 4.78 is 41.9. The van der Waals surface area contributed by atoms with Crippen LogP contribution in [0.15, 0.2) is 29.3 Å². The van der Waals surface area contributed by atoms with Gasteiger partial charge in [-0.3, -0.25) is 4.99 Å². The van der Waals surface area contributed by atoms with Crippen LogP contribution in [0.1, 0.15) is 18.9 Å². The van der Waals surface area contributed by atoms with Crippen molar-refractivity contribution in [2.24, 2.45) is 4.99 Å². The summed E-state index contributed by atoms with van der Waals surface area (Å²) in [6.45, 7) is 2.65. The Kier molecular flexibility index (Phi) is 10.0. The molecule has 132 valence electrons. The highest BCUT2D eigenvalue weighted by molar-refractivity contribution is 14.0. The van der Waals surface area contributed by atoms with Crippen molar-refractivity contribution in [1.29, 1.82) is 0 Å². The zero-order valence-electron chi connectivity index (χ0n) is 13.5. The van der Waals surface area contributed by atoms with Crippen LogP contribution in [-0.4, -0.2) is 44.3 Å². The third-order valence-corrected chi connectivity index (χ3v) is 2.95. The molecule has 1 aromatic carbocycles. The molecular weight excluding hydrogens is 422 g/mol. The van der Waals surface area contributed by atoms with Gasteiger partial charge >= 0.3 is 6.18 Å². The minimum atomic E-state index is -4.19. The van der Waals surface area contributed by atoms with Crippen LogP contribution >= 0.6 is 24.0 Å². The summed E-state index contributed by atoms with van der Waals surface area (Å²) in [5.41, 5.74) is 0.939. The summed E-state index contributed by atoms with van der Waals surface area (Å²) in [4.78, 5) is 5.80. The molecule has 0 heterocycles. The van der Waals surface area contributed by atoms with E-state index in [4.69, 9.17) is 4.74 Å². The molecule has 0 atom stereocenters. The predicted octanol–water partition coefficient (Wildman–Crippen LogP) is 3.66. The highest BCUT2D eigenvalue weighted by Crippen LogP contribution is 2.20. The first kappa shape index (κ1) is 21.8. The lowest BCUT2D eigenvalue weighted by Crippen LogP contribution is -2.38. The topological polar surface area (TPSA) is 36.9 Å². The molecule has 1 N–H and O–H groups in total. The van der Waals surface area contributed by atoms with Gasteiger partial charge in [-0.05, 0) is 13.0 Å². The Hall–Kier alpha value is -1.19. The molecule has 0 spiro atoms. The highest BCUT2D eigenvalue weighted by Gasteiger charge is 2.26. The number of methoxy groups -OCH3 is 1. The van der Waals surface area contributed by atoms with Crippen molar-refractivity contribution in [3.05, 3.63) is 29.8 Å². The van der Waals surface area contributed by atoms with Crippen LogP contribution in [0.2, 0.25) is 0 Å². The number of ether oxygens (including phenoxy) is 1. The molecule has 0 radical (unpaired) electrons. The van der Waals surface area contributed by atoms with Crippen LogP contribution < -0.4 is 10.1 Å². The number of nitrogens with zero attached hydrogens (tertiary/aromatic N) is 2. The van der Waals surface area contributed by atoms with Crippen LogP contribution in [-0.2, 0) is 6.54 Å². The molecule has 0 saturated carbocycles. The van der Waals surface area contributed by atoms with Crippen molar-refractivity contribution in [3.8, 4) is 5.75 Å². The maximum atomic E-state index is 12.2. The van der Waals surface area contributed by atoms with Crippen LogP contribution in [0.3, 0.4) is 0 Å². The summed E-state index contributed by atoms with van der Waals surface area (Å²) in [5.74, 6) is 1.18. The number of hydrogen-bond acceptors (Lipinski definition) is 2. The average molecular weight is 445 g/mol. The van der Waals surface area contributed by atoms with Gasteiger partial charge in [-0.25, -0.2) is 0 Å². The maximum Gasteiger partial charge on any atom is 0.390 e. The first-order chi connectivity index (χ1) is 10.4. The van der Waals surface area contributed by atoms with E-state index in [2.05, 4.69) is 10.3 Å². The monoisotopic (exact) mass is 445 g/mol. The lowest BCUT2D eigenvalue weighted by Gasteiger charge is -2.23. The van der Waals surface area contributed by atoms with Gasteiger partial charge in [0.2, 0.25) is 0 Å². The number of guanidine groups is 1. The Bertz CT molecular complexity index is 495. The standard InChI is InChI=1S/C15H22F3N3O.HI/c1-4-19-14(20-10-9-15(16,17)18)21(2)11-12-7-5-6-8-13(12)22-3;/h5-8H,4,9-11H2,1-3H3,(H,19,20);1H. The Morgan fingerprint density at radius 2 is 1.96 bits per heavy atom. The van der Waals surface area contributed by atoms with Gasteiger partial charge in [-0.2, -0.15) is 13.2 Å². The van der Waals surface area contributed by atoms with E-state index in [0.29, 0.717) is 19.0 Å². The third-order valence-electron chi connectivity index (χ3n) is 2.95. The Morgan fingerprint density at radius 1 is 1.30 bits per heavy atom. The van der Waals surface area contributed by atoms with Crippen LogP contribution in [0, 0.1) is 0 Å². The molecule has 8 heteroatoms. The number of hydrogen-bond donors (Lipinski definition) is 1. The van der Waals surface area contributed by atoms with Gasteiger partial charge in [-0.1, -0.05) is 18.2 Å². The molecule has 1 aromatic rings. The Labute approximate surface area is 152 Å². The van der Waals surface area contributed by atoms with Crippen molar-refractivity contribution >= 4 is 29.9 Å². The molecular formula is C15H23F3IN3O. The second-order valence-corrected chi connectivity index (χ2v) is 4.77. The Balaban J connectivity index is 0.00000484. The highest BCUT2D eigenvalue weighted by atomic mass is 127. The number of alkyl halides is 3. The molecule has 4 nitrogen and oxygen atoms in total. The fourth-order valence-corrected chi connectivity index (χ4v) is 1.92. The second kappa shape index (κ2) is 10.6. The first-order valence-electron chi connectivity index (χ1n) is 7.05. The lowest BCUT2D eigenvalue weighted by molar-refractivity contribution is -0.132. The van der Waals surface area contributed by atoms with Gasteiger partial charge in [0, 0.05) is 25.7 Å². The molecule has 0 aliphatic heterocycles. The lowest BCUT2D eigenvalue weighted by atomic mass is 10.2. The maximum absolute atomic E-state index is 12.2. The van der Waals surface area contributed by atoms with Crippen molar-refractivity contribution in [2.75, 3.05) is 27.2 Å². The van der Waals surface area contributed by atoms with E-state index in [1.165, 1.54) is 0 Å². The van der Waals surface area contributed by atoms with E-state index in [1.807, 2.05) is 31.2 Å². The normalized spacial score (nSPS) is 11.7. The van der Waals surface area contributed by atoms with Gasteiger partial charge in [-0.15, -0.1) is 24.0 Å². The molecule has 1 rings (SSSR count). The third kappa shape index (κ3) is 8.29. The first-order valence-corrected chi connectivity index (χ1v) is 7.05. The molecule has 23 heavy (non-hydrogen) atoms. The average Bonchev–Trinajstić information content (AvgIpc) is 2.45. The number of benzene rings is 1. The molecule has 0 aliphatic rings. The summed E-state index contributed by atoms with van der Waals surface area (Å²) in [6, 6.07) is 7.51. The van der Waals surface area contributed by atoms with Gasteiger partial charge < -0.3 is 15.0 Å². The van der Waals surface area contributed by atoms with Crippen molar-refractivity contribution in [2.45, 2.75) is 26.1 Å². The number of rotatable bonds is 6. The number of nitrogens with one attached hydrogen (secondary N) is 1. The molecule has 0 bridgehead atoms. The molecule has 0 unspecified atom stereocenters. The zero-order chi connectivity index (χ0) is 16.6. The summed E-state index contributed by atoms with van der Waals surface area (Å²) in [7, 11) is 3.36. The van der Waals surface area contributed by atoms with Crippen molar-refractivity contribution < 1.29 is 17.9 Å². The molecule has 0 aromatic heterocycles. The number of halogens is 4. The summed E-state index contributed by atoms with van der Waals surface area (Å²) in [5, 5.41) is 2.99. The predicted molar refractivity (Wildman–Crippen MR) is 96.5 cm³/mol. The Morgan fingerprint density at radius 3 is 2.52 bits per heavy atom. The SMILES string of the molecule is CCNC(=NCCC(F)(F)F)N(C)Cc1ccccc1OC.I. The van der Waals surface area contributed by atoms with Crippen LogP contribution in [0.4, 0.5) is 13.2 Å². The van der Waals surface area contributed by atoms with Crippen molar-refractivity contribution in [3.63, 3.8) is 0 Å². The van der Waals surface area contributed by atoms with Gasteiger partial charge in [0.15, 0.2) is 5.96 Å². The molecule has 0 fully saturated rings. The van der Waals surface area contributed by atoms with Gasteiger partial charge in [0.1, 0.15) is 5.75 Å². The largest absolute Gasteiger partial charge is 0.496 e. The van der Waals surface area contributed by atoms with Gasteiger partial charge in [0.05, 0.1) is 20.1 Å². The molecule has 0 aliphatic carbocycles. The number of aliphatic imine (C=N–C) groups is 1. The second-order valence-electron chi connectivity index (χ2n) is 4.77. The van der Waals surface area contributed by atoms with E-state index < -0.39 is 12.6 Å².